The Kier molecular flexibility index (Phi) is 6.39. The van der Waals surface area contributed by atoms with Gasteiger partial charge in [0.1, 0.15) is 0 Å². The van der Waals surface area contributed by atoms with E-state index in [1.54, 1.807) is 0 Å². The van der Waals surface area contributed by atoms with Gasteiger partial charge in [-0.25, -0.2) is 0 Å². The zero-order valence-corrected chi connectivity index (χ0v) is 8.24. The molecule has 0 spiro atoms. The van der Waals surface area contributed by atoms with Crippen LogP contribution >= 0.6 is 11.8 Å². The van der Waals surface area contributed by atoms with Gasteiger partial charge in [-0.15, -0.1) is 0 Å². The van der Waals surface area contributed by atoms with E-state index < -0.39 is 0 Å². The van der Waals surface area contributed by atoms with E-state index in [-0.39, 0.29) is 6.04 Å². The highest BCUT2D eigenvalue weighted by Gasteiger charge is 2.04. The van der Waals surface area contributed by atoms with Gasteiger partial charge in [0.25, 0.3) is 0 Å². The smallest absolute Gasteiger partial charge is 0.0950 e. The van der Waals surface area contributed by atoms with Crippen LogP contribution in [0.4, 0.5) is 0 Å². The highest BCUT2D eigenvalue weighted by atomic mass is 32.2. The molecule has 0 aromatic heterocycles. The third-order valence-electron chi connectivity index (χ3n) is 1.62. The quantitative estimate of drug-likeness (QED) is 0.684. The molecule has 1 N–H and O–H groups in total. The first-order chi connectivity index (χ1) is 5.24. The maximum atomic E-state index is 8.59. The topological polar surface area (TPSA) is 35.8 Å². The second-order valence-electron chi connectivity index (χ2n) is 2.54. The Morgan fingerprint density at radius 3 is 2.64 bits per heavy atom. The van der Waals surface area contributed by atoms with Crippen LogP contribution < -0.4 is 5.32 Å². The minimum absolute atomic E-state index is 0.0320. The van der Waals surface area contributed by atoms with Crippen LogP contribution in [0.2, 0.25) is 0 Å². The Labute approximate surface area is 73.4 Å². The van der Waals surface area contributed by atoms with E-state index in [1.165, 1.54) is 0 Å². The SMILES string of the molecule is CCC(C#N)NCC(C)SC. The Hall–Kier alpha value is -0.200. The van der Waals surface area contributed by atoms with Crippen LogP contribution in [-0.2, 0) is 0 Å². The zero-order valence-electron chi connectivity index (χ0n) is 7.42. The summed E-state index contributed by atoms with van der Waals surface area (Å²) in [5, 5.41) is 12.4. The van der Waals surface area contributed by atoms with Gasteiger partial charge in [0, 0.05) is 11.8 Å². The first kappa shape index (κ1) is 10.8. The van der Waals surface area contributed by atoms with E-state index in [4.69, 9.17) is 5.26 Å². The van der Waals surface area contributed by atoms with E-state index in [0.29, 0.717) is 5.25 Å². The van der Waals surface area contributed by atoms with Gasteiger partial charge in [0.05, 0.1) is 12.1 Å². The first-order valence-electron chi connectivity index (χ1n) is 3.90. The predicted octanol–water partition coefficient (Wildman–Crippen LogP) is 1.63. The lowest BCUT2D eigenvalue weighted by molar-refractivity contribution is 0.588. The van der Waals surface area contributed by atoms with Crippen LogP contribution in [0.5, 0.6) is 0 Å². The summed E-state index contributed by atoms with van der Waals surface area (Å²) < 4.78 is 0. The number of hydrogen-bond donors (Lipinski definition) is 1. The third kappa shape index (κ3) is 5.11. The molecule has 0 amide bonds. The van der Waals surface area contributed by atoms with Gasteiger partial charge in [-0.05, 0) is 12.7 Å². The standard InChI is InChI=1S/C8H16N2S/c1-4-8(5-9)10-6-7(2)11-3/h7-8,10H,4,6H2,1-3H3. The molecular formula is C8H16N2S. The fourth-order valence-electron chi connectivity index (χ4n) is 0.673. The maximum absolute atomic E-state index is 8.59. The van der Waals surface area contributed by atoms with Crippen LogP contribution in [0.1, 0.15) is 20.3 Å². The summed E-state index contributed by atoms with van der Waals surface area (Å²) in [5.41, 5.74) is 0. The number of rotatable bonds is 5. The van der Waals surface area contributed by atoms with Crippen molar-refractivity contribution in [1.29, 1.82) is 5.26 Å². The molecule has 2 unspecified atom stereocenters. The highest BCUT2D eigenvalue weighted by Crippen LogP contribution is 2.03. The summed E-state index contributed by atoms with van der Waals surface area (Å²) in [4.78, 5) is 0. The molecule has 0 aliphatic rings. The minimum Gasteiger partial charge on any atom is -0.301 e. The van der Waals surface area contributed by atoms with Crippen LogP contribution in [-0.4, -0.2) is 24.1 Å². The molecular weight excluding hydrogens is 156 g/mol. The lowest BCUT2D eigenvalue weighted by Crippen LogP contribution is -2.31. The average molecular weight is 172 g/mol. The molecule has 0 aliphatic heterocycles. The fraction of sp³-hybridized carbons (Fsp3) is 0.875. The summed E-state index contributed by atoms with van der Waals surface area (Å²) in [6.45, 7) is 5.10. The Morgan fingerprint density at radius 2 is 2.27 bits per heavy atom. The minimum atomic E-state index is 0.0320. The second kappa shape index (κ2) is 6.51. The van der Waals surface area contributed by atoms with Gasteiger partial charge in [0.15, 0.2) is 0 Å². The van der Waals surface area contributed by atoms with E-state index in [1.807, 2.05) is 18.7 Å². The summed E-state index contributed by atoms with van der Waals surface area (Å²) in [6, 6.07) is 2.24. The molecule has 0 aliphatic carbocycles. The Bertz CT molecular complexity index is 131. The van der Waals surface area contributed by atoms with Gasteiger partial charge in [-0.1, -0.05) is 13.8 Å². The van der Waals surface area contributed by atoms with Crippen molar-refractivity contribution in [2.75, 3.05) is 12.8 Å². The second-order valence-corrected chi connectivity index (χ2v) is 3.82. The van der Waals surface area contributed by atoms with Crippen molar-refractivity contribution in [3.8, 4) is 6.07 Å². The molecule has 0 radical (unpaired) electrons. The Balaban J connectivity index is 3.44. The van der Waals surface area contributed by atoms with Crippen LogP contribution in [0, 0.1) is 11.3 Å². The summed E-state index contributed by atoms with van der Waals surface area (Å²) in [6.07, 6.45) is 2.97. The third-order valence-corrected chi connectivity index (χ3v) is 2.59. The van der Waals surface area contributed by atoms with Crippen molar-refractivity contribution >= 4 is 11.8 Å². The van der Waals surface area contributed by atoms with Crippen LogP contribution in [0.25, 0.3) is 0 Å². The Morgan fingerprint density at radius 1 is 1.64 bits per heavy atom. The molecule has 0 bridgehead atoms. The number of hydrogen-bond acceptors (Lipinski definition) is 3. The number of nitrogens with zero attached hydrogens (tertiary/aromatic N) is 1. The lowest BCUT2D eigenvalue weighted by atomic mass is 10.2. The number of nitrogens with one attached hydrogen (secondary N) is 1. The van der Waals surface area contributed by atoms with E-state index >= 15 is 0 Å². The predicted molar refractivity (Wildman–Crippen MR) is 50.7 cm³/mol. The fourth-order valence-corrected chi connectivity index (χ4v) is 0.936. The van der Waals surface area contributed by atoms with Gasteiger partial charge >= 0.3 is 0 Å². The molecule has 0 heterocycles. The van der Waals surface area contributed by atoms with Crippen molar-refractivity contribution in [1.82, 2.24) is 5.32 Å². The van der Waals surface area contributed by atoms with Crippen LogP contribution in [0.15, 0.2) is 0 Å². The zero-order chi connectivity index (χ0) is 8.69. The van der Waals surface area contributed by atoms with Gasteiger partial charge in [0.2, 0.25) is 0 Å². The average Bonchev–Trinajstić information content (AvgIpc) is 2.06. The summed E-state index contributed by atoms with van der Waals surface area (Å²) in [7, 11) is 0. The molecule has 0 saturated carbocycles. The van der Waals surface area contributed by atoms with Gasteiger partial charge in [-0.3, -0.25) is 0 Å². The molecule has 64 valence electrons. The molecule has 2 atom stereocenters. The number of thioether (sulfide) groups is 1. The van der Waals surface area contributed by atoms with Gasteiger partial charge < -0.3 is 5.32 Å². The summed E-state index contributed by atoms with van der Waals surface area (Å²) in [5.74, 6) is 0. The molecule has 0 saturated heterocycles. The number of nitriles is 1. The first-order valence-corrected chi connectivity index (χ1v) is 5.19. The van der Waals surface area contributed by atoms with Crippen molar-refractivity contribution in [3.05, 3.63) is 0 Å². The lowest BCUT2D eigenvalue weighted by Gasteiger charge is -2.12. The molecule has 2 nitrogen and oxygen atoms in total. The highest BCUT2D eigenvalue weighted by molar-refractivity contribution is 7.99. The maximum Gasteiger partial charge on any atom is 0.0950 e. The van der Waals surface area contributed by atoms with Crippen molar-refractivity contribution in [3.63, 3.8) is 0 Å². The summed E-state index contributed by atoms with van der Waals surface area (Å²) >= 11 is 1.82. The van der Waals surface area contributed by atoms with Crippen molar-refractivity contribution in [2.24, 2.45) is 0 Å². The molecule has 11 heavy (non-hydrogen) atoms. The van der Waals surface area contributed by atoms with E-state index in [9.17, 15) is 0 Å². The molecule has 0 rings (SSSR count). The molecule has 0 aromatic rings. The monoisotopic (exact) mass is 172 g/mol. The van der Waals surface area contributed by atoms with Gasteiger partial charge in [-0.2, -0.15) is 17.0 Å². The largest absolute Gasteiger partial charge is 0.301 e. The normalized spacial score (nSPS) is 15.5. The molecule has 0 aromatic carbocycles. The molecule has 3 heteroatoms. The van der Waals surface area contributed by atoms with Crippen molar-refractivity contribution in [2.45, 2.75) is 31.6 Å². The van der Waals surface area contributed by atoms with Crippen LogP contribution in [0.3, 0.4) is 0 Å². The van der Waals surface area contributed by atoms with E-state index in [2.05, 4.69) is 24.6 Å². The van der Waals surface area contributed by atoms with Crippen molar-refractivity contribution < 1.29 is 0 Å². The van der Waals surface area contributed by atoms with E-state index in [0.717, 1.165) is 13.0 Å². The molecule has 0 fully saturated rings.